The number of rotatable bonds is 1. The van der Waals surface area contributed by atoms with Crippen LogP contribution in [0.25, 0.3) is 0 Å². The molecule has 0 aromatic heterocycles. The second-order valence-corrected chi connectivity index (χ2v) is 6.77. The molecule has 3 rings (SSSR count). The number of aliphatic hydroxyl groups is 1. The first kappa shape index (κ1) is 13.4. The molecule has 19 heavy (non-hydrogen) atoms. The van der Waals surface area contributed by atoms with Crippen LogP contribution in [-0.4, -0.2) is 47.7 Å². The predicted octanol–water partition coefficient (Wildman–Crippen LogP) is 1.28. The summed E-state index contributed by atoms with van der Waals surface area (Å²) in [5, 5.41) is 12.7. The fourth-order valence-electron chi connectivity index (χ4n) is 4.23. The first-order valence-corrected chi connectivity index (χ1v) is 7.89. The molecule has 1 spiro atoms. The summed E-state index contributed by atoms with van der Waals surface area (Å²) >= 11 is 0. The Kier molecular flexibility index (Phi) is 3.81. The van der Waals surface area contributed by atoms with Crippen molar-refractivity contribution in [3.8, 4) is 0 Å². The Morgan fingerprint density at radius 1 is 1.16 bits per heavy atom. The molecule has 108 valence electrons. The average molecular weight is 266 g/mol. The van der Waals surface area contributed by atoms with E-state index in [0.717, 1.165) is 19.5 Å². The highest BCUT2D eigenvalue weighted by atomic mass is 16.3. The first-order valence-electron chi connectivity index (χ1n) is 7.89. The standard InChI is InChI=1S/C15H26N2O2/c18-12-9-13(16-10-12)14(19)17-8-4-7-15(11-17)5-2-1-3-6-15/h12-13,16,18H,1-11H2. The maximum atomic E-state index is 12.5. The van der Waals surface area contributed by atoms with Crippen molar-refractivity contribution in [1.82, 2.24) is 10.2 Å². The van der Waals surface area contributed by atoms with Crippen molar-refractivity contribution in [3.63, 3.8) is 0 Å². The molecule has 4 heteroatoms. The number of likely N-dealkylation sites (tertiary alicyclic amines) is 1. The minimum absolute atomic E-state index is 0.145. The summed E-state index contributed by atoms with van der Waals surface area (Å²) in [5.41, 5.74) is 0.420. The van der Waals surface area contributed by atoms with Gasteiger partial charge >= 0.3 is 0 Å². The molecule has 1 saturated carbocycles. The van der Waals surface area contributed by atoms with E-state index in [9.17, 15) is 9.90 Å². The summed E-state index contributed by atoms with van der Waals surface area (Å²) in [6.45, 7) is 2.43. The van der Waals surface area contributed by atoms with Gasteiger partial charge < -0.3 is 15.3 Å². The van der Waals surface area contributed by atoms with E-state index >= 15 is 0 Å². The van der Waals surface area contributed by atoms with E-state index in [1.807, 2.05) is 0 Å². The molecule has 0 bridgehead atoms. The van der Waals surface area contributed by atoms with Gasteiger partial charge in [0.15, 0.2) is 0 Å². The van der Waals surface area contributed by atoms with E-state index in [1.165, 1.54) is 38.5 Å². The molecule has 2 saturated heterocycles. The zero-order valence-electron chi connectivity index (χ0n) is 11.7. The summed E-state index contributed by atoms with van der Waals surface area (Å²) in [6.07, 6.45) is 9.34. The molecular formula is C15H26N2O2. The smallest absolute Gasteiger partial charge is 0.239 e. The van der Waals surface area contributed by atoms with Crippen LogP contribution in [0.1, 0.15) is 51.4 Å². The van der Waals surface area contributed by atoms with Gasteiger partial charge in [0.25, 0.3) is 0 Å². The Labute approximate surface area is 115 Å². The molecule has 2 N–H and O–H groups in total. The molecule has 0 aromatic carbocycles. The number of hydrogen-bond donors (Lipinski definition) is 2. The molecule has 0 radical (unpaired) electrons. The number of carbonyl (C=O) groups is 1. The highest BCUT2D eigenvalue weighted by Crippen LogP contribution is 2.43. The van der Waals surface area contributed by atoms with Gasteiger partial charge in [0, 0.05) is 19.6 Å². The Bertz CT molecular complexity index is 334. The van der Waals surface area contributed by atoms with Crippen LogP contribution in [0.4, 0.5) is 0 Å². The van der Waals surface area contributed by atoms with E-state index in [4.69, 9.17) is 0 Å². The third kappa shape index (κ3) is 2.79. The lowest BCUT2D eigenvalue weighted by Gasteiger charge is -2.45. The minimum Gasteiger partial charge on any atom is -0.392 e. The zero-order chi connectivity index (χ0) is 13.3. The quantitative estimate of drug-likeness (QED) is 0.752. The molecule has 2 atom stereocenters. The fourth-order valence-corrected chi connectivity index (χ4v) is 4.23. The average Bonchev–Trinajstić information content (AvgIpc) is 2.85. The van der Waals surface area contributed by atoms with Crippen molar-refractivity contribution < 1.29 is 9.90 Å². The van der Waals surface area contributed by atoms with Gasteiger partial charge in [-0.25, -0.2) is 0 Å². The Morgan fingerprint density at radius 2 is 1.89 bits per heavy atom. The summed E-state index contributed by atoms with van der Waals surface area (Å²) in [6, 6.07) is -0.145. The number of aliphatic hydroxyl groups excluding tert-OH is 1. The highest BCUT2D eigenvalue weighted by molar-refractivity contribution is 5.82. The van der Waals surface area contributed by atoms with E-state index in [1.54, 1.807) is 0 Å². The topological polar surface area (TPSA) is 52.6 Å². The van der Waals surface area contributed by atoms with Crippen LogP contribution in [0.3, 0.4) is 0 Å². The molecule has 3 fully saturated rings. The molecule has 2 unspecified atom stereocenters. The molecule has 1 amide bonds. The lowest BCUT2D eigenvalue weighted by Crippen LogP contribution is -2.51. The van der Waals surface area contributed by atoms with Crippen molar-refractivity contribution in [2.75, 3.05) is 19.6 Å². The third-order valence-corrected chi connectivity index (χ3v) is 5.29. The summed E-state index contributed by atoms with van der Waals surface area (Å²) in [7, 11) is 0. The number of amides is 1. The highest BCUT2D eigenvalue weighted by Gasteiger charge is 2.40. The molecule has 2 heterocycles. The number of β-amino-alcohol motifs (C(OH)–C–C–N with tert-alkyl or cyclic N) is 1. The van der Waals surface area contributed by atoms with Gasteiger partial charge in [-0.1, -0.05) is 19.3 Å². The van der Waals surface area contributed by atoms with Gasteiger partial charge in [0.2, 0.25) is 5.91 Å². The molecular weight excluding hydrogens is 240 g/mol. The van der Waals surface area contributed by atoms with E-state index in [0.29, 0.717) is 18.4 Å². The number of hydrogen-bond acceptors (Lipinski definition) is 3. The number of nitrogens with one attached hydrogen (secondary N) is 1. The van der Waals surface area contributed by atoms with Gasteiger partial charge in [-0.3, -0.25) is 4.79 Å². The van der Waals surface area contributed by atoms with Crippen molar-refractivity contribution >= 4 is 5.91 Å². The monoisotopic (exact) mass is 266 g/mol. The van der Waals surface area contributed by atoms with Gasteiger partial charge in [0.05, 0.1) is 12.1 Å². The lowest BCUT2D eigenvalue weighted by molar-refractivity contribution is -0.137. The third-order valence-electron chi connectivity index (χ3n) is 5.29. The molecule has 2 aliphatic heterocycles. The zero-order valence-corrected chi connectivity index (χ0v) is 11.7. The maximum Gasteiger partial charge on any atom is 0.239 e. The van der Waals surface area contributed by atoms with Crippen LogP contribution in [0.15, 0.2) is 0 Å². The van der Waals surface area contributed by atoms with Crippen LogP contribution in [0.2, 0.25) is 0 Å². The van der Waals surface area contributed by atoms with Crippen molar-refractivity contribution in [3.05, 3.63) is 0 Å². The number of nitrogens with zero attached hydrogens (tertiary/aromatic N) is 1. The minimum atomic E-state index is -0.345. The van der Waals surface area contributed by atoms with Crippen molar-refractivity contribution in [2.24, 2.45) is 5.41 Å². The second kappa shape index (κ2) is 5.41. The van der Waals surface area contributed by atoms with Gasteiger partial charge in [-0.2, -0.15) is 0 Å². The van der Waals surface area contributed by atoms with Crippen LogP contribution in [-0.2, 0) is 4.79 Å². The van der Waals surface area contributed by atoms with E-state index in [-0.39, 0.29) is 18.1 Å². The largest absolute Gasteiger partial charge is 0.392 e. The Balaban J connectivity index is 1.62. The van der Waals surface area contributed by atoms with Gasteiger partial charge in [0.1, 0.15) is 0 Å². The van der Waals surface area contributed by atoms with E-state index < -0.39 is 0 Å². The number of carbonyl (C=O) groups excluding carboxylic acids is 1. The Morgan fingerprint density at radius 3 is 2.58 bits per heavy atom. The molecule has 3 aliphatic rings. The summed E-state index contributed by atoms with van der Waals surface area (Å²) in [5.74, 6) is 0.223. The van der Waals surface area contributed by atoms with Gasteiger partial charge in [-0.15, -0.1) is 0 Å². The van der Waals surface area contributed by atoms with Crippen LogP contribution in [0.5, 0.6) is 0 Å². The van der Waals surface area contributed by atoms with Crippen LogP contribution < -0.4 is 5.32 Å². The van der Waals surface area contributed by atoms with Crippen molar-refractivity contribution in [1.29, 1.82) is 0 Å². The molecule has 1 aliphatic carbocycles. The van der Waals surface area contributed by atoms with E-state index in [2.05, 4.69) is 10.2 Å². The number of piperidine rings is 1. The Hall–Kier alpha value is -0.610. The normalized spacial score (nSPS) is 34.7. The SMILES string of the molecule is O=C(C1CC(O)CN1)N1CCCC2(CCCCC2)C1. The van der Waals surface area contributed by atoms with Crippen LogP contribution >= 0.6 is 0 Å². The molecule has 4 nitrogen and oxygen atoms in total. The van der Waals surface area contributed by atoms with Crippen LogP contribution in [0, 0.1) is 5.41 Å². The lowest BCUT2D eigenvalue weighted by atomic mass is 9.69. The van der Waals surface area contributed by atoms with Gasteiger partial charge in [-0.05, 0) is 37.5 Å². The molecule has 0 aromatic rings. The fraction of sp³-hybridized carbons (Fsp3) is 0.933. The van der Waals surface area contributed by atoms with Crippen molar-refractivity contribution in [2.45, 2.75) is 63.5 Å². The second-order valence-electron chi connectivity index (χ2n) is 6.77. The predicted molar refractivity (Wildman–Crippen MR) is 73.7 cm³/mol. The summed E-state index contributed by atoms with van der Waals surface area (Å²) < 4.78 is 0. The first-order chi connectivity index (χ1) is 9.19. The summed E-state index contributed by atoms with van der Waals surface area (Å²) in [4.78, 5) is 14.6. The maximum absolute atomic E-state index is 12.5.